The summed E-state index contributed by atoms with van der Waals surface area (Å²) < 4.78 is 60.0. The number of hydrogen-bond acceptors (Lipinski definition) is 6. The largest absolute Gasteiger partial charge is 0.490 e. The van der Waals surface area contributed by atoms with Crippen LogP contribution in [0.15, 0.2) is 68.7 Å². The second-order valence-corrected chi connectivity index (χ2v) is 11.2. The zero-order valence-electron chi connectivity index (χ0n) is 17.8. The van der Waals surface area contributed by atoms with E-state index in [4.69, 9.17) is 9.90 Å². The Morgan fingerprint density at radius 3 is 2.14 bits per heavy atom. The number of sulfonamides is 1. The lowest BCUT2D eigenvalue weighted by atomic mass is 10.1. The van der Waals surface area contributed by atoms with Gasteiger partial charge in [0.2, 0.25) is 0 Å². The Kier molecular flexibility index (Phi) is 9.29. The van der Waals surface area contributed by atoms with Crippen LogP contribution in [0, 0.1) is 0 Å². The first-order valence-corrected chi connectivity index (χ1v) is 12.5. The second-order valence-electron chi connectivity index (χ2n) is 6.85. The van der Waals surface area contributed by atoms with Crippen LogP contribution in [0.3, 0.4) is 0 Å². The minimum Gasteiger partial charge on any atom is -0.478 e. The standard InChI is InChI=1S/C19H17BrN2O4S2.C2HF3O2/c1-22(12-13-5-3-2-4-6-13)16-8-7-14(11-15(16)19(23)24)21-28(25,26)18-10-9-17(20)27-18;3-2(4,5)1(6)7/h2-11,21H,12H2,1H3,(H,23,24);(H,6,7). The number of nitrogens with zero attached hydrogens (tertiary/aromatic N) is 1. The van der Waals surface area contributed by atoms with Crippen molar-refractivity contribution in [3.8, 4) is 0 Å². The maximum absolute atomic E-state index is 12.5. The van der Waals surface area contributed by atoms with Crippen LogP contribution in [0.5, 0.6) is 0 Å². The zero-order chi connectivity index (χ0) is 26.4. The second kappa shape index (κ2) is 11.6. The molecule has 0 radical (unpaired) electrons. The number of hydrogen-bond donors (Lipinski definition) is 3. The summed E-state index contributed by atoms with van der Waals surface area (Å²) in [6, 6.07) is 17.3. The van der Waals surface area contributed by atoms with Gasteiger partial charge in [-0.05, 0) is 51.8 Å². The molecule has 14 heteroatoms. The number of benzene rings is 2. The van der Waals surface area contributed by atoms with Crippen LogP contribution in [0.4, 0.5) is 24.5 Å². The van der Waals surface area contributed by atoms with Gasteiger partial charge in [-0.25, -0.2) is 18.0 Å². The smallest absolute Gasteiger partial charge is 0.478 e. The van der Waals surface area contributed by atoms with Crippen molar-refractivity contribution in [3.63, 3.8) is 0 Å². The van der Waals surface area contributed by atoms with Gasteiger partial charge in [0.15, 0.2) is 0 Å². The van der Waals surface area contributed by atoms with Gasteiger partial charge in [-0.1, -0.05) is 30.3 Å². The van der Waals surface area contributed by atoms with Crippen LogP contribution in [0.2, 0.25) is 0 Å². The van der Waals surface area contributed by atoms with Crippen molar-refractivity contribution < 1.29 is 41.4 Å². The lowest BCUT2D eigenvalue weighted by Crippen LogP contribution is -2.21. The molecule has 1 aromatic heterocycles. The number of rotatable bonds is 7. The lowest BCUT2D eigenvalue weighted by molar-refractivity contribution is -0.192. The number of nitrogens with one attached hydrogen (secondary N) is 1. The van der Waals surface area contributed by atoms with Crippen molar-refractivity contribution in [2.75, 3.05) is 16.7 Å². The predicted molar refractivity (Wildman–Crippen MR) is 128 cm³/mol. The van der Waals surface area contributed by atoms with Crippen LogP contribution in [-0.4, -0.2) is 43.8 Å². The van der Waals surface area contributed by atoms with E-state index in [-0.39, 0.29) is 15.5 Å². The van der Waals surface area contributed by atoms with E-state index < -0.39 is 28.1 Å². The van der Waals surface area contributed by atoms with Crippen molar-refractivity contribution in [3.05, 3.63) is 75.6 Å². The minimum atomic E-state index is -5.08. The predicted octanol–water partition coefficient (Wildman–Crippen LogP) is 5.28. The first-order chi connectivity index (χ1) is 16.2. The van der Waals surface area contributed by atoms with Gasteiger partial charge in [0.05, 0.1) is 15.0 Å². The third-order valence-electron chi connectivity index (χ3n) is 4.21. The van der Waals surface area contributed by atoms with Gasteiger partial charge in [0.25, 0.3) is 10.0 Å². The number of halogens is 4. The fraction of sp³-hybridized carbons (Fsp3) is 0.143. The van der Waals surface area contributed by atoms with Gasteiger partial charge in [-0.3, -0.25) is 4.72 Å². The summed E-state index contributed by atoms with van der Waals surface area (Å²) in [4.78, 5) is 22.5. The average Bonchev–Trinajstić information content (AvgIpc) is 3.21. The van der Waals surface area contributed by atoms with Crippen LogP contribution < -0.4 is 9.62 Å². The van der Waals surface area contributed by atoms with Crippen molar-refractivity contribution in [2.45, 2.75) is 16.9 Å². The van der Waals surface area contributed by atoms with E-state index in [9.17, 15) is 31.5 Å². The van der Waals surface area contributed by atoms with Gasteiger partial charge in [0, 0.05) is 19.3 Å². The Labute approximate surface area is 210 Å². The number of aliphatic carboxylic acids is 1. The molecule has 35 heavy (non-hydrogen) atoms. The summed E-state index contributed by atoms with van der Waals surface area (Å²) in [5, 5.41) is 16.7. The van der Waals surface area contributed by atoms with Crippen molar-refractivity contribution in [2.24, 2.45) is 0 Å². The molecule has 0 amide bonds. The van der Waals surface area contributed by atoms with Crippen molar-refractivity contribution in [1.82, 2.24) is 0 Å². The summed E-state index contributed by atoms with van der Waals surface area (Å²) in [5.41, 5.74) is 1.75. The Hall–Kier alpha value is -3.10. The van der Waals surface area contributed by atoms with Gasteiger partial charge in [-0.2, -0.15) is 13.2 Å². The van der Waals surface area contributed by atoms with Crippen LogP contribution in [0.25, 0.3) is 0 Å². The van der Waals surface area contributed by atoms with Crippen molar-refractivity contribution >= 4 is 60.6 Å². The third-order valence-corrected chi connectivity index (χ3v) is 7.71. The summed E-state index contributed by atoms with van der Waals surface area (Å²) in [6.07, 6.45) is -5.08. The molecule has 0 aliphatic rings. The summed E-state index contributed by atoms with van der Waals surface area (Å²) >= 11 is 4.31. The van der Waals surface area contributed by atoms with E-state index in [1.807, 2.05) is 35.2 Å². The van der Waals surface area contributed by atoms with Gasteiger partial charge < -0.3 is 15.1 Å². The molecule has 0 unspecified atom stereocenters. The Bertz CT molecular complexity index is 1300. The molecular formula is C21H18BrF3N2O6S2. The monoisotopic (exact) mass is 594 g/mol. The fourth-order valence-corrected chi connectivity index (χ4v) is 5.75. The molecule has 188 valence electrons. The quantitative estimate of drug-likeness (QED) is 0.340. The number of anilines is 2. The first kappa shape index (κ1) is 28.1. The Morgan fingerprint density at radius 2 is 1.66 bits per heavy atom. The maximum atomic E-state index is 12.5. The molecule has 3 N–H and O–H groups in total. The Morgan fingerprint density at radius 1 is 1.06 bits per heavy atom. The van der Waals surface area contributed by atoms with E-state index in [1.165, 1.54) is 12.1 Å². The highest BCUT2D eigenvalue weighted by molar-refractivity contribution is 9.11. The summed E-state index contributed by atoms with van der Waals surface area (Å²) in [7, 11) is -1.99. The van der Waals surface area contributed by atoms with Gasteiger partial charge in [-0.15, -0.1) is 11.3 Å². The molecule has 0 bridgehead atoms. The molecule has 3 rings (SSSR count). The van der Waals surface area contributed by atoms with E-state index in [2.05, 4.69) is 20.7 Å². The number of thiophene rings is 1. The lowest BCUT2D eigenvalue weighted by Gasteiger charge is -2.22. The number of aromatic carboxylic acids is 1. The molecule has 3 aromatic rings. The molecular weight excluding hydrogens is 577 g/mol. The van der Waals surface area contributed by atoms with Crippen LogP contribution >= 0.6 is 27.3 Å². The molecule has 0 aliphatic heterocycles. The van der Waals surface area contributed by atoms with E-state index in [0.29, 0.717) is 16.0 Å². The number of carboxylic acid groups (broad SMARTS) is 2. The zero-order valence-corrected chi connectivity index (χ0v) is 21.0. The normalized spacial score (nSPS) is 11.2. The van der Waals surface area contributed by atoms with E-state index >= 15 is 0 Å². The molecule has 0 atom stereocenters. The molecule has 0 saturated carbocycles. The fourth-order valence-electron chi connectivity index (χ4n) is 2.69. The number of carbonyl (C=O) groups is 2. The van der Waals surface area contributed by atoms with E-state index in [1.54, 1.807) is 25.2 Å². The molecule has 2 aromatic carbocycles. The average molecular weight is 595 g/mol. The highest BCUT2D eigenvalue weighted by Gasteiger charge is 2.38. The van der Waals surface area contributed by atoms with Crippen molar-refractivity contribution in [1.29, 1.82) is 0 Å². The highest BCUT2D eigenvalue weighted by atomic mass is 79.9. The molecule has 8 nitrogen and oxygen atoms in total. The number of alkyl halides is 3. The molecule has 0 fully saturated rings. The summed E-state index contributed by atoms with van der Waals surface area (Å²) in [6.45, 7) is 0.523. The molecule has 0 aliphatic carbocycles. The topological polar surface area (TPSA) is 124 Å². The Balaban J connectivity index is 0.000000540. The van der Waals surface area contributed by atoms with E-state index in [0.717, 1.165) is 16.9 Å². The third kappa shape index (κ3) is 8.26. The molecule has 0 saturated heterocycles. The summed E-state index contributed by atoms with van der Waals surface area (Å²) in [5.74, 6) is -3.89. The van der Waals surface area contributed by atoms with Gasteiger partial charge >= 0.3 is 18.1 Å². The molecule has 0 spiro atoms. The maximum Gasteiger partial charge on any atom is 0.490 e. The number of carboxylic acids is 2. The molecule has 1 heterocycles. The van der Waals surface area contributed by atoms with Crippen LogP contribution in [-0.2, 0) is 21.4 Å². The SMILES string of the molecule is CN(Cc1ccccc1)c1ccc(NS(=O)(=O)c2ccc(Br)s2)cc1C(=O)O.O=C(O)C(F)(F)F. The minimum absolute atomic E-state index is 0.0194. The highest BCUT2D eigenvalue weighted by Crippen LogP contribution is 2.30. The van der Waals surface area contributed by atoms with Gasteiger partial charge in [0.1, 0.15) is 4.21 Å². The van der Waals surface area contributed by atoms with Crippen LogP contribution in [0.1, 0.15) is 15.9 Å². The first-order valence-electron chi connectivity index (χ1n) is 9.41.